The average Bonchev–Trinajstić information content (AvgIpc) is 2.05. The molecule has 0 amide bonds. The molecule has 0 fully saturated rings. The van der Waals surface area contributed by atoms with Crippen molar-refractivity contribution in [2.75, 3.05) is 0 Å². The highest BCUT2D eigenvalue weighted by atomic mass is 16.3. The second-order valence-corrected chi connectivity index (χ2v) is 6.00. The maximum atomic E-state index is 10.0. The van der Waals surface area contributed by atoms with E-state index in [-0.39, 0.29) is 5.41 Å². The zero-order valence-electron chi connectivity index (χ0n) is 11.0. The molecule has 2 nitrogen and oxygen atoms in total. The van der Waals surface area contributed by atoms with Gasteiger partial charge >= 0.3 is 0 Å². The topological polar surface area (TPSA) is 40.5 Å². The summed E-state index contributed by atoms with van der Waals surface area (Å²) >= 11 is 0. The van der Waals surface area contributed by atoms with E-state index in [2.05, 4.69) is 20.8 Å². The van der Waals surface area contributed by atoms with Gasteiger partial charge < -0.3 is 10.2 Å². The van der Waals surface area contributed by atoms with Gasteiger partial charge in [0.25, 0.3) is 0 Å². The average molecular weight is 222 g/mol. The van der Waals surface area contributed by atoms with Gasteiger partial charge in [-0.05, 0) is 55.0 Å². The fourth-order valence-electron chi connectivity index (χ4n) is 1.70. The predicted octanol–water partition coefficient (Wildman–Crippen LogP) is 3.23. The van der Waals surface area contributed by atoms with Crippen molar-refractivity contribution in [3.8, 4) is 5.75 Å². The first kappa shape index (κ1) is 13.0. The second kappa shape index (κ2) is 3.77. The molecule has 0 aliphatic carbocycles. The highest BCUT2D eigenvalue weighted by Crippen LogP contribution is 2.36. The Labute approximate surface area is 97.9 Å². The van der Waals surface area contributed by atoms with Gasteiger partial charge in [-0.2, -0.15) is 0 Å². The normalized spacial score (nSPS) is 12.9. The molecule has 0 bridgehead atoms. The monoisotopic (exact) mass is 222 g/mol. The number of rotatable bonds is 1. The molecule has 0 saturated carbocycles. The van der Waals surface area contributed by atoms with Crippen LogP contribution in [-0.4, -0.2) is 10.2 Å². The van der Waals surface area contributed by atoms with E-state index in [4.69, 9.17) is 0 Å². The van der Waals surface area contributed by atoms with Crippen LogP contribution in [0.15, 0.2) is 12.1 Å². The molecule has 1 aromatic carbocycles. The molecular formula is C14H22O2. The quantitative estimate of drug-likeness (QED) is 0.766. The molecule has 0 spiro atoms. The Kier molecular flexibility index (Phi) is 3.08. The van der Waals surface area contributed by atoms with Gasteiger partial charge in [0, 0.05) is 0 Å². The number of benzene rings is 1. The molecule has 0 heterocycles. The molecular weight excluding hydrogens is 200 g/mol. The van der Waals surface area contributed by atoms with Gasteiger partial charge in [-0.15, -0.1) is 0 Å². The van der Waals surface area contributed by atoms with Gasteiger partial charge in [0.05, 0.1) is 5.60 Å². The van der Waals surface area contributed by atoms with Crippen LogP contribution >= 0.6 is 0 Å². The minimum atomic E-state index is -0.877. The minimum absolute atomic E-state index is 0.129. The van der Waals surface area contributed by atoms with Crippen LogP contribution < -0.4 is 0 Å². The summed E-state index contributed by atoms with van der Waals surface area (Å²) in [6.45, 7) is 11.5. The molecule has 0 atom stereocenters. The summed E-state index contributed by atoms with van der Waals surface area (Å²) in [6.07, 6.45) is 0. The van der Waals surface area contributed by atoms with Gasteiger partial charge in [-0.25, -0.2) is 0 Å². The molecule has 90 valence electrons. The first-order chi connectivity index (χ1) is 7.03. The zero-order valence-corrected chi connectivity index (χ0v) is 11.0. The van der Waals surface area contributed by atoms with E-state index < -0.39 is 5.60 Å². The third-order valence-corrected chi connectivity index (χ3v) is 2.81. The summed E-state index contributed by atoms with van der Waals surface area (Å²) in [4.78, 5) is 0. The Morgan fingerprint density at radius 1 is 1.00 bits per heavy atom. The summed E-state index contributed by atoms with van der Waals surface area (Å²) in [6, 6.07) is 3.73. The largest absolute Gasteiger partial charge is 0.507 e. The first-order valence-corrected chi connectivity index (χ1v) is 5.60. The van der Waals surface area contributed by atoms with Gasteiger partial charge in [0.15, 0.2) is 0 Å². The third-order valence-electron chi connectivity index (χ3n) is 2.81. The maximum Gasteiger partial charge on any atom is 0.122 e. The molecule has 2 N–H and O–H groups in total. The van der Waals surface area contributed by atoms with Gasteiger partial charge in [-0.3, -0.25) is 0 Å². The number of aromatic hydroxyl groups is 1. The van der Waals surface area contributed by atoms with E-state index in [9.17, 15) is 10.2 Å². The van der Waals surface area contributed by atoms with E-state index in [0.29, 0.717) is 5.75 Å². The molecule has 0 aliphatic rings. The van der Waals surface area contributed by atoms with Crippen molar-refractivity contribution in [2.24, 2.45) is 0 Å². The number of hydrogen-bond donors (Lipinski definition) is 2. The third kappa shape index (κ3) is 2.56. The fourth-order valence-corrected chi connectivity index (χ4v) is 1.70. The summed E-state index contributed by atoms with van der Waals surface area (Å²) < 4.78 is 0. The van der Waals surface area contributed by atoms with Crippen molar-refractivity contribution < 1.29 is 10.2 Å². The summed E-state index contributed by atoms with van der Waals surface area (Å²) in [5.74, 6) is 0.334. The van der Waals surface area contributed by atoms with Crippen molar-refractivity contribution >= 4 is 0 Å². The lowest BCUT2D eigenvalue weighted by Gasteiger charge is -2.26. The van der Waals surface area contributed by atoms with E-state index in [0.717, 1.165) is 16.7 Å². The molecule has 1 rings (SSSR count). The molecule has 0 saturated heterocycles. The Morgan fingerprint density at radius 2 is 1.50 bits per heavy atom. The van der Waals surface area contributed by atoms with Crippen molar-refractivity contribution in [3.05, 3.63) is 28.8 Å². The SMILES string of the molecule is Cc1cc(C(C)(C)O)cc(C(C)(C)C)c1O. The van der Waals surface area contributed by atoms with Crippen molar-refractivity contribution in [1.82, 2.24) is 0 Å². The molecule has 0 aromatic heterocycles. The molecule has 0 aliphatic heterocycles. The van der Waals surface area contributed by atoms with E-state index in [1.165, 1.54) is 0 Å². The van der Waals surface area contributed by atoms with E-state index in [1.54, 1.807) is 13.8 Å². The number of phenols is 1. The lowest BCUT2D eigenvalue weighted by molar-refractivity contribution is 0.0783. The van der Waals surface area contributed by atoms with Crippen LogP contribution in [0.5, 0.6) is 5.75 Å². The number of aliphatic hydroxyl groups is 1. The predicted molar refractivity (Wildman–Crippen MR) is 66.8 cm³/mol. The second-order valence-electron chi connectivity index (χ2n) is 6.00. The Balaban J connectivity index is 3.46. The zero-order chi connectivity index (χ0) is 12.7. The smallest absolute Gasteiger partial charge is 0.122 e. The van der Waals surface area contributed by atoms with Crippen LogP contribution in [-0.2, 0) is 11.0 Å². The summed E-state index contributed by atoms with van der Waals surface area (Å²) in [5.41, 5.74) is 1.52. The Bertz CT molecular complexity index is 392. The van der Waals surface area contributed by atoms with Gasteiger partial charge in [0.1, 0.15) is 5.75 Å². The highest BCUT2D eigenvalue weighted by Gasteiger charge is 2.24. The Hall–Kier alpha value is -1.02. The number of aryl methyl sites for hydroxylation is 1. The Morgan fingerprint density at radius 3 is 1.88 bits per heavy atom. The van der Waals surface area contributed by atoms with Crippen LogP contribution in [0.2, 0.25) is 0 Å². The van der Waals surface area contributed by atoms with Crippen LogP contribution in [0.1, 0.15) is 51.3 Å². The highest BCUT2D eigenvalue weighted by molar-refractivity contribution is 5.47. The standard InChI is InChI=1S/C14H22O2/c1-9-7-10(14(5,6)16)8-11(12(9)15)13(2,3)4/h7-8,15-16H,1-6H3. The summed E-state index contributed by atoms with van der Waals surface area (Å²) in [5, 5.41) is 20.1. The first-order valence-electron chi connectivity index (χ1n) is 5.60. The van der Waals surface area contributed by atoms with Gasteiger partial charge in [0.2, 0.25) is 0 Å². The minimum Gasteiger partial charge on any atom is -0.507 e. The van der Waals surface area contributed by atoms with Gasteiger partial charge in [-0.1, -0.05) is 20.8 Å². The molecule has 1 aromatic rings. The van der Waals surface area contributed by atoms with Crippen LogP contribution in [0.4, 0.5) is 0 Å². The number of hydrogen-bond acceptors (Lipinski definition) is 2. The van der Waals surface area contributed by atoms with E-state index in [1.807, 2.05) is 19.1 Å². The van der Waals surface area contributed by atoms with Crippen LogP contribution in [0.25, 0.3) is 0 Å². The fraction of sp³-hybridized carbons (Fsp3) is 0.571. The maximum absolute atomic E-state index is 10.0. The lowest BCUT2D eigenvalue weighted by atomic mass is 9.82. The van der Waals surface area contributed by atoms with E-state index >= 15 is 0 Å². The lowest BCUT2D eigenvalue weighted by Crippen LogP contribution is -2.19. The molecule has 16 heavy (non-hydrogen) atoms. The van der Waals surface area contributed by atoms with Crippen molar-refractivity contribution in [3.63, 3.8) is 0 Å². The van der Waals surface area contributed by atoms with Crippen molar-refractivity contribution in [2.45, 2.75) is 52.6 Å². The molecule has 0 radical (unpaired) electrons. The molecule has 2 heteroatoms. The molecule has 0 unspecified atom stereocenters. The summed E-state index contributed by atoms with van der Waals surface area (Å²) in [7, 11) is 0. The van der Waals surface area contributed by atoms with Crippen LogP contribution in [0, 0.1) is 6.92 Å². The van der Waals surface area contributed by atoms with Crippen LogP contribution in [0.3, 0.4) is 0 Å². The number of phenolic OH excluding ortho intramolecular Hbond substituents is 1. The van der Waals surface area contributed by atoms with Crippen molar-refractivity contribution in [1.29, 1.82) is 0 Å².